The van der Waals surface area contributed by atoms with E-state index >= 15 is 0 Å². The molecule has 0 radical (unpaired) electrons. The molecule has 0 aliphatic heterocycles. The molecule has 0 atom stereocenters. The molecule has 0 aliphatic rings. The van der Waals surface area contributed by atoms with Crippen molar-refractivity contribution in [3.05, 3.63) is 59.0 Å². The molecule has 0 aliphatic carbocycles. The Labute approximate surface area is 121 Å². The Bertz CT molecular complexity index is 750. The zero-order valence-electron chi connectivity index (χ0n) is 11.0. The Kier molecular flexibility index (Phi) is 3.24. The topological polar surface area (TPSA) is 52.5 Å². The average molecular weight is 288 g/mol. The third-order valence-corrected chi connectivity index (χ3v) is 3.23. The lowest BCUT2D eigenvalue weighted by Crippen LogP contribution is -1.95. The minimum Gasteiger partial charge on any atom is -0.487 e. The summed E-state index contributed by atoms with van der Waals surface area (Å²) < 4.78 is 7.60. The van der Waals surface area contributed by atoms with E-state index in [1.165, 1.54) is 0 Å². The second-order valence-electron chi connectivity index (χ2n) is 4.66. The van der Waals surface area contributed by atoms with E-state index in [0.717, 1.165) is 28.3 Å². The van der Waals surface area contributed by atoms with Gasteiger partial charge in [-0.2, -0.15) is 0 Å². The van der Waals surface area contributed by atoms with Gasteiger partial charge in [0.05, 0.1) is 10.7 Å². The summed E-state index contributed by atoms with van der Waals surface area (Å²) in [6.45, 7) is 2.39. The number of fused-ring (bicyclic) bond motifs is 1. The van der Waals surface area contributed by atoms with Gasteiger partial charge in [-0.05, 0) is 42.8 Å². The number of nitrogens with two attached hydrogens (primary N) is 1. The Morgan fingerprint density at radius 3 is 2.75 bits per heavy atom. The van der Waals surface area contributed by atoms with E-state index in [1.54, 1.807) is 0 Å². The Hall–Kier alpha value is -2.20. The van der Waals surface area contributed by atoms with E-state index in [9.17, 15) is 0 Å². The van der Waals surface area contributed by atoms with E-state index < -0.39 is 0 Å². The average Bonchev–Trinajstić information content (AvgIpc) is 2.81. The summed E-state index contributed by atoms with van der Waals surface area (Å²) in [5.41, 5.74) is 9.14. The summed E-state index contributed by atoms with van der Waals surface area (Å²) in [7, 11) is 0. The lowest BCUT2D eigenvalue weighted by molar-refractivity contribution is 0.302. The number of pyridine rings is 1. The molecule has 3 rings (SSSR count). The quantitative estimate of drug-likeness (QED) is 0.751. The predicted molar refractivity (Wildman–Crippen MR) is 80.1 cm³/mol. The van der Waals surface area contributed by atoms with Gasteiger partial charge in [0, 0.05) is 18.1 Å². The largest absolute Gasteiger partial charge is 0.487 e. The zero-order chi connectivity index (χ0) is 14.1. The van der Waals surface area contributed by atoms with Crippen LogP contribution >= 0.6 is 11.6 Å². The molecule has 0 bridgehead atoms. The molecule has 102 valence electrons. The number of imidazole rings is 1. The van der Waals surface area contributed by atoms with Crippen LogP contribution in [0.4, 0.5) is 5.69 Å². The van der Waals surface area contributed by atoms with Crippen molar-refractivity contribution in [2.45, 2.75) is 13.5 Å². The molecule has 0 spiro atoms. The number of aromatic nitrogens is 2. The van der Waals surface area contributed by atoms with E-state index in [2.05, 4.69) is 4.98 Å². The van der Waals surface area contributed by atoms with Crippen LogP contribution in [0.1, 0.15) is 11.3 Å². The first-order valence-corrected chi connectivity index (χ1v) is 6.62. The first kappa shape index (κ1) is 12.8. The highest BCUT2D eigenvalue weighted by Gasteiger charge is 2.06. The highest BCUT2D eigenvalue weighted by atomic mass is 35.5. The van der Waals surface area contributed by atoms with Gasteiger partial charge in [0.15, 0.2) is 0 Å². The molecule has 3 aromatic rings. The van der Waals surface area contributed by atoms with Crippen LogP contribution in [0.25, 0.3) is 5.65 Å². The molecule has 0 unspecified atom stereocenters. The number of hydrogen-bond donors (Lipinski definition) is 1. The fraction of sp³-hybridized carbons (Fsp3) is 0.133. The molecule has 2 heterocycles. The van der Waals surface area contributed by atoms with E-state index in [0.29, 0.717) is 11.6 Å². The summed E-state index contributed by atoms with van der Waals surface area (Å²) in [6, 6.07) is 9.20. The summed E-state index contributed by atoms with van der Waals surface area (Å²) in [5, 5.41) is 0.693. The highest BCUT2D eigenvalue weighted by molar-refractivity contribution is 6.30. The smallest absolute Gasteiger partial charge is 0.140 e. The Balaban J connectivity index is 1.81. The standard InChI is InChI=1S/C15H14ClN3O/c1-10-6-11(16)7-19-8-13(18-15(10)19)9-20-14-4-2-12(17)3-5-14/h2-8H,9,17H2,1H3. The number of halogens is 1. The molecule has 5 heteroatoms. The molecule has 2 aromatic heterocycles. The maximum atomic E-state index is 6.03. The lowest BCUT2D eigenvalue weighted by atomic mass is 10.3. The molecule has 0 fully saturated rings. The molecule has 2 N–H and O–H groups in total. The maximum absolute atomic E-state index is 6.03. The van der Waals surface area contributed by atoms with Crippen LogP contribution in [-0.2, 0) is 6.61 Å². The number of hydrogen-bond acceptors (Lipinski definition) is 3. The van der Waals surface area contributed by atoms with Crippen LogP contribution in [0.2, 0.25) is 5.02 Å². The number of ether oxygens (including phenoxy) is 1. The highest BCUT2D eigenvalue weighted by Crippen LogP contribution is 2.18. The molecule has 20 heavy (non-hydrogen) atoms. The molecule has 0 amide bonds. The van der Waals surface area contributed by atoms with Crippen LogP contribution in [0, 0.1) is 6.92 Å². The second kappa shape index (κ2) is 5.06. The number of aryl methyl sites for hydroxylation is 1. The first-order valence-electron chi connectivity index (χ1n) is 6.24. The number of rotatable bonds is 3. The monoisotopic (exact) mass is 287 g/mol. The number of anilines is 1. The minimum absolute atomic E-state index is 0.405. The molecule has 4 nitrogen and oxygen atoms in total. The van der Waals surface area contributed by atoms with Gasteiger partial charge in [-0.3, -0.25) is 0 Å². The minimum atomic E-state index is 0.405. The summed E-state index contributed by atoms with van der Waals surface area (Å²) in [4.78, 5) is 4.54. The predicted octanol–water partition coefficient (Wildman–Crippen LogP) is 3.46. The fourth-order valence-corrected chi connectivity index (χ4v) is 2.34. The van der Waals surface area contributed by atoms with Gasteiger partial charge < -0.3 is 14.9 Å². The van der Waals surface area contributed by atoms with Gasteiger partial charge in [0.25, 0.3) is 0 Å². The van der Waals surface area contributed by atoms with Crippen molar-refractivity contribution in [1.29, 1.82) is 0 Å². The van der Waals surface area contributed by atoms with E-state index in [4.69, 9.17) is 22.1 Å². The van der Waals surface area contributed by atoms with Crippen molar-refractivity contribution >= 4 is 22.9 Å². The molecule has 0 saturated heterocycles. The normalized spacial score (nSPS) is 10.9. The van der Waals surface area contributed by atoms with Gasteiger partial charge in [0.2, 0.25) is 0 Å². The van der Waals surface area contributed by atoms with E-state index in [-0.39, 0.29) is 0 Å². The number of nitrogen functional groups attached to an aromatic ring is 1. The van der Waals surface area contributed by atoms with Crippen LogP contribution in [0.5, 0.6) is 5.75 Å². The summed E-state index contributed by atoms with van der Waals surface area (Å²) in [6.07, 6.45) is 3.76. The second-order valence-corrected chi connectivity index (χ2v) is 5.10. The van der Waals surface area contributed by atoms with Crippen molar-refractivity contribution in [3.8, 4) is 5.75 Å². The van der Waals surface area contributed by atoms with Gasteiger partial charge >= 0.3 is 0 Å². The summed E-state index contributed by atoms with van der Waals surface area (Å²) in [5.74, 6) is 0.769. The fourth-order valence-electron chi connectivity index (χ4n) is 2.07. The molecular weight excluding hydrogens is 274 g/mol. The van der Waals surface area contributed by atoms with Crippen molar-refractivity contribution < 1.29 is 4.74 Å². The lowest BCUT2D eigenvalue weighted by Gasteiger charge is -2.03. The zero-order valence-corrected chi connectivity index (χ0v) is 11.8. The van der Waals surface area contributed by atoms with Crippen LogP contribution in [-0.4, -0.2) is 9.38 Å². The number of nitrogens with zero attached hydrogens (tertiary/aromatic N) is 2. The third kappa shape index (κ3) is 2.56. The van der Waals surface area contributed by atoms with E-state index in [1.807, 2.05) is 54.0 Å². The number of benzene rings is 1. The third-order valence-electron chi connectivity index (χ3n) is 3.02. The maximum Gasteiger partial charge on any atom is 0.140 e. The Morgan fingerprint density at radius 1 is 1.25 bits per heavy atom. The van der Waals surface area contributed by atoms with Gasteiger partial charge in [-0.1, -0.05) is 11.6 Å². The van der Waals surface area contributed by atoms with Crippen LogP contribution in [0.15, 0.2) is 42.7 Å². The molecular formula is C15H14ClN3O. The van der Waals surface area contributed by atoms with Gasteiger partial charge in [-0.15, -0.1) is 0 Å². The van der Waals surface area contributed by atoms with Crippen molar-refractivity contribution in [3.63, 3.8) is 0 Å². The first-order chi connectivity index (χ1) is 9.61. The van der Waals surface area contributed by atoms with Gasteiger partial charge in [0.1, 0.15) is 18.0 Å². The SMILES string of the molecule is Cc1cc(Cl)cn2cc(COc3ccc(N)cc3)nc12. The van der Waals surface area contributed by atoms with Crippen LogP contribution in [0.3, 0.4) is 0 Å². The Morgan fingerprint density at radius 2 is 2.00 bits per heavy atom. The van der Waals surface area contributed by atoms with Crippen molar-refractivity contribution in [1.82, 2.24) is 9.38 Å². The van der Waals surface area contributed by atoms with Crippen molar-refractivity contribution in [2.24, 2.45) is 0 Å². The molecule has 0 saturated carbocycles. The molecule has 1 aromatic carbocycles. The summed E-state index contributed by atoms with van der Waals surface area (Å²) >= 11 is 6.03. The van der Waals surface area contributed by atoms with Crippen LogP contribution < -0.4 is 10.5 Å². The van der Waals surface area contributed by atoms with Crippen molar-refractivity contribution in [2.75, 3.05) is 5.73 Å². The van der Waals surface area contributed by atoms with Gasteiger partial charge in [-0.25, -0.2) is 4.98 Å².